The highest BCUT2D eigenvalue weighted by atomic mass is 19.1. The van der Waals surface area contributed by atoms with Gasteiger partial charge in [0.05, 0.1) is 5.56 Å². The molecule has 0 aliphatic heterocycles. The Morgan fingerprint density at radius 1 is 1.12 bits per heavy atom. The molecule has 0 heterocycles. The van der Waals surface area contributed by atoms with Crippen molar-refractivity contribution in [2.75, 3.05) is 13.1 Å². The van der Waals surface area contributed by atoms with Crippen LogP contribution in [0.5, 0.6) is 5.75 Å². The van der Waals surface area contributed by atoms with Crippen LogP contribution in [0.15, 0.2) is 59.1 Å². The van der Waals surface area contributed by atoms with Gasteiger partial charge in [0.2, 0.25) is 5.78 Å². The average Bonchev–Trinajstić information content (AvgIpc) is 2.92. The second-order valence-corrected chi connectivity index (χ2v) is 11.1. The van der Waals surface area contributed by atoms with Crippen molar-refractivity contribution in [3.63, 3.8) is 0 Å². The molecule has 216 valence electrons. The molecule has 10 heteroatoms. The number of ketones is 2. The molecule has 0 radical (unpaired) electrons. The first-order valence-electron chi connectivity index (χ1n) is 13.8. The van der Waals surface area contributed by atoms with Gasteiger partial charge < -0.3 is 26.2 Å². The number of hydrogen-bond donors (Lipinski definition) is 5. The molecule has 0 fully saturated rings. The fourth-order valence-electron chi connectivity index (χ4n) is 6.60. The van der Waals surface area contributed by atoms with Crippen molar-refractivity contribution < 1.29 is 39.2 Å². The fourth-order valence-corrected chi connectivity index (χ4v) is 6.60. The molecular weight excluding hydrogens is 531 g/mol. The van der Waals surface area contributed by atoms with E-state index in [0.29, 0.717) is 13.1 Å². The van der Waals surface area contributed by atoms with E-state index in [1.807, 2.05) is 37.3 Å². The summed E-state index contributed by atoms with van der Waals surface area (Å²) in [6.07, 6.45) is 1.14. The summed E-state index contributed by atoms with van der Waals surface area (Å²) in [5.74, 6) is -7.96. The lowest BCUT2D eigenvalue weighted by molar-refractivity contribution is -0.144. The van der Waals surface area contributed by atoms with Crippen molar-refractivity contribution in [1.29, 1.82) is 0 Å². The minimum Gasteiger partial charge on any atom is -0.511 e. The number of aliphatic hydroxyl groups is 3. The van der Waals surface area contributed by atoms with Crippen molar-refractivity contribution in [3.8, 4) is 5.75 Å². The second kappa shape index (κ2) is 10.8. The fraction of sp³-hybridized carbons (Fsp3) is 0.387. The number of primary amides is 1. The van der Waals surface area contributed by atoms with Crippen LogP contribution in [-0.2, 0) is 29.0 Å². The van der Waals surface area contributed by atoms with Crippen molar-refractivity contribution in [3.05, 3.63) is 87.1 Å². The number of carbonyl (C=O) groups excluding carboxylic acids is 3. The van der Waals surface area contributed by atoms with Gasteiger partial charge in [0, 0.05) is 42.1 Å². The molecule has 1 amide bonds. The number of aliphatic hydroxyl groups excluding tert-OH is 2. The number of nitrogens with zero attached hydrogens (tertiary/aromatic N) is 1. The largest absolute Gasteiger partial charge is 0.511 e. The van der Waals surface area contributed by atoms with Crippen LogP contribution >= 0.6 is 0 Å². The van der Waals surface area contributed by atoms with Crippen LogP contribution in [0.2, 0.25) is 0 Å². The zero-order valence-corrected chi connectivity index (χ0v) is 22.7. The van der Waals surface area contributed by atoms with Crippen LogP contribution < -0.4 is 5.73 Å². The summed E-state index contributed by atoms with van der Waals surface area (Å²) in [6.45, 7) is 3.60. The Morgan fingerprint density at radius 2 is 1.83 bits per heavy atom. The Hall–Kier alpha value is -4.02. The minimum atomic E-state index is -2.65. The monoisotopic (exact) mass is 564 g/mol. The number of Topliss-reactive ketones (excluding diaryl/α,β-unsaturated/α-hetero) is 2. The molecule has 6 N–H and O–H groups in total. The topological polar surface area (TPSA) is 161 Å². The molecule has 3 atom stereocenters. The summed E-state index contributed by atoms with van der Waals surface area (Å²) in [4.78, 5) is 40.5. The van der Waals surface area contributed by atoms with Gasteiger partial charge in [0.25, 0.3) is 5.91 Å². The van der Waals surface area contributed by atoms with Gasteiger partial charge in [0.1, 0.15) is 28.7 Å². The van der Waals surface area contributed by atoms with Crippen LogP contribution in [0.3, 0.4) is 0 Å². The second-order valence-electron chi connectivity index (χ2n) is 11.1. The summed E-state index contributed by atoms with van der Waals surface area (Å²) in [7, 11) is 0. The lowest BCUT2D eigenvalue weighted by Crippen LogP contribution is -2.57. The van der Waals surface area contributed by atoms with Gasteiger partial charge in [-0.05, 0) is 49.8 Å². The maximum Gasteiger partial charge on any atom is 0.255 e. The molecule has 3 aliphatic carbocycles. The van der Waals surface area contributed by atoms with Gasteiger partial charge in [-0.25, -0.2) is 4.39 Å². The first kappa shape index (κ1) is 28.5. The third-order valence-corrected chi connectivity index (χ3v) is 8.56. The maximum absolute atomic E-state index is 16.0. The van der Waals surface area contributed by atoms with Gasteiger partial charge >= 0.3 is 0 Å². The van der Waals surface area contributed by atoms with E-state index in [9.17, 15) is 34.8 Å². The summed E-state index contributed by atoms with van der Waals surface area (Å²) >= 11 is 0. The van der Waals surface area contributed by atoms with Crippen LogP contribution in [0.25, 0.3) is 0 Å². The Labute approximate surface area is 236 Å². The number of nitrogens with two attached hydrogens (primary N) is 1. The predicted octanol–water partition coefficient (Wildman–Crippen LogP) is 3.17. The molecule has 0 spiro atoms. The van der Waals surface area contributed by atoms with E-state index < -0.39 is 63.6 Å². The van der Waals surface area contributed by atoms with E-state index in [2.05, 4.69) is 4.90 Å². The number of benzene rings is 2. The van der Waals surface area contributed by atoms with E-state index in [4.69, 9.17) is 5.73 Å². The van der Waals surface area contributed by atoms with Gasteiger partial charge in [-0.2, -0.15) is 0 Å². The van der Waals surface area contributed by atoms with E-state index in [-0.39, 0.29) is 48.1 Å². The Balaban J connectivity index is 1.49. The van der Waals surface area contributed by atoms with Gasteiger partial charge in [-0.3, -0.25) is 19.3 Å². The molecule has 3 aliphatic rings. The van der Waals surface area contributed by atoms with Crippen molar-refractivity contribution in [2.45, 2.75) is 51.2 Å². The number of fused-ring (bicyclic) bond motifs is 3. The molecule has 0 aromatic heterocycles. The van der Waals surface area contributed by atoms with Crippen molar-refractivity contribution >= 4 is 17.5 Å². The highest BCUT2D eigenvalue weighted by Crippen LogP contribution is 2.51. The molecule has 2 aromatic rings. The first-order chi connectivity index (χ1) is 19.5. The zero-order valence-electron chi connectivity index (χ0n) is 22.7. The molecule has 9 nitrogen and oxygen atoms in total. The third-order valence-electron chi connectivity index (χ3n) is 8.56. The molecule has 41 heavy (non-hydrogen) atoms. The molecule has 5 rings (SSSR count). The molecule has 0 saturated carbocycles. The van der Waals surface area contributed by atoms with Crippen LogP contribution in [0.1, 0.15) is 53.2 Å². The maximum atomic E-state index is 16.0. The van der Waals surface area contributed by atoms with Crippen molar-refractivity contribution in [1.82, 2.24) is 4.90 Å². The standard InChI is InChI=1S/C31H33FN2O7/c1-2-9-34(10-8-16-6-4-3-5-7-16)15-18-13-21(35)24-20(26(18)32)12-17-11-19-14-22(36)25(30(33)40)29(39)31(19,41)28(38)23(17)27(24)37/h3-7,13,17,19,35-36,38,41H,2,8-12,14-15H2,1H3,(H2,33,40)/t17?,19-,31-/m0/s1. The smallest absolute Gasteiger partial charge is 0.255 e. The lowest BCUT2D eigenvalue weighted by atomic mass is 9.60. The van der Waals surface area contributed by atoms with E-state index in [1.54, 1.807) is 0 Å². The Morgan fingerprint density at radius 3 is 2.49 bits per heavy atom. The number of hydrogen-bond acceptors (Lipinski definition) is 8. The number of rotatable bonds is 8. The number of phenols is 1. The molecular formula is C31H33FN2O7. The molecule has 1 unspecified atom stereocenters. The number of amides is 1. The Kier molecular flexibility index (Phi) is 7.48. The van der Waals surface area contributed by atoms with Crippen LogP contribution in [0, 0.1) is 17.7 Å². The lowest BCUT2D eigenvalue weighted by Gasteiger charge is -2.45. The SMILES string of the molecule is CCCN(CCc1ccccc1)Cc1cc(O)c2c(c1F)CC1C[C@H]3CC(O)=C(C(N)=O)C(=O)[C@@]3(O)C(O)=C1C2=O. The van der Waals surface area contributed by atoms with E-state index in [0.717, 1.165) is 18.4 Å². The minimum absolute atomic E-state index is 0.0104. The zero-order chi connectivity index (χ0) is 29.6. The number of allylic oxidation sites excluding steroid dienone is 2. The number of halogens is 1. The normalized spacial score (nSPS) is 23.9. The number of phenolic OH excluding ortho intramolecular Hbond substituents is 1. The van der Waals surface area contributed by atoms with Crippen molar-refractivity contribution in [2.24, 2.45) is 17.6 Å². The van der Waals surface area contributed by atoms with E-state index >= 15 is 4.39 Å². The highest BCUT2D eigenvalue weighted by Gasteiger charge is 2.59. The van der Waals surface area contributed by atoms with Gasteiger partial charge in [0.15, 0.2) is 11.4 Å². The predicted molar refractivity (Wildman–Crippen MR) is 146 cm³/mol. The number of carbonyl (C=O) groups is 3. The number of aromatic hydroxyl groups is 1. The van der Waals surface area contributed by atoms with Crippen LogP contribution in [-0.4, -0.2) is 61.5 Å². The molecule has 0 bridgehead atoms. The van der Waals surface area contributed by atoms with Gasteiger partial charge in [-0.1, -0.05) is 37.3 Å². The average molecular weight is 565 g/mol. The quantitative estimate of drug-likeness (QED) is 0.306. The third kappa shape index (κ3) is 4.70. The van der Waals surface area contributed by atoms with Crippen LogP contribution in [0.4, 0.5) is 4.39 Å². The molecule has 0 saturated heterocycles. The summed E-state index contributed by atoms with van der Waals surface area (Å²) < 4.78 is 16.0. The highest BCUT2D eigenvalue weighted by molar-refractivity contribution is 6.24. The molecule has 2 aromatic carbocycles. The summed E-state index contributed by atoms with van der Waals surface area (Å²) in [5.41, 5.74) is 2.49. The summed E-state index contributed by atoms with van der Waals surface area (Å²) in [6, 6.07) is 11.1. The van der Waals surface area contributed by atoms with Gasteiger partial charge in [-0.15, -0.1) is 0 Å². The summed E-state index contributed by atoms with van der Waals surface area (Å²) in [5, 5.41) is 43.6. The first-order valence-corrected chi connectivity index (χ1v) is 13.8. The Bertz CT molecular complexity index is 1500. The van der Waals surface area contributed by atoms with E-state index in [1.165, 1.54) is 6.07 Å².